The molecule has 2 unspecified atom stereocenters. The molecule has 1 saturated carbocycles. The number of benzene rings is 1. The van der Waals surface area contributed by atoms with E-state index in [2.05, 4.69) is 5.32 Å². The van der Waals surface area contributed by atoms with Crippen molar-refractivity contribution in [2.45, 2.75) is 31.7 Å². The van der Waals surface area contributed by atoms with Gasteiger partial charge in [-0.3, -0.25) is 9.59 Å². The Morgan fingerprint density at radius 2 is 2.14 bits per heavy atom. The molecule has 1 fully saturated rings. The van der Waals surface area contributed by atoms with Crippen LogP contribution >= 0.6 is 12.4 Å². The molecule has 1 aliphatic carbocycles. The first-order valence-corrected chi connectivity index (χ1v) is 7.49. The van der Waals surface area contributed by atoms with Crippen molar-refractivity contribution in [3.05, 3.63) is 29.3 Å². The Morgan fingerprint density at radius 1 is 1.36 bits per heavy atom. The van der Waals surface area contributed by atoms with Gasteiger partial charge in [-0.2, -0.15) is 0 Å². The Morgan fingerprint density at radius 3 is 2.82 bits per heavy atom. The summed E-state index contributed by atoms with van der Waals surface area (Å²) in [7, 11) is 1.80. The van der Waals surface area contributed by atoms with Gasteiger partial charge in [0, 0.05) is 36.8 Å². The van der Waals surface area contributed by atoms with Gasteiger partial charge < -0.3 is 16.0 Å². The van der Waals surface area contributed by atoms with Crippen LogP contribution in [0, 0.1) is 5.92 Å². The molecule has 1 aliphatic heterocycles. The van der Waals surface area contributed by atoms with Crippen LogP contribution in [0.1, 0.15) is 35.2 Å². The first-order valence-electron chi connectivity index (χ1n) is 7.49. The maximum atomic E-state index is 12.2. The minimum atomic E-state index is -0.00518. The molecule has 0 bridgehead atoms. The molecule has 0 radical (unpaired) electrons. The zero-order valence-electron chi connectivity index (χ0n) is 12.7. The molecule has 6 heteroatoms. The number of carbonyl (C=O) groups is 2. The molecule has 0 spiro atoms. The Labute approximate surface area is 136 Å². The van der Waals surface area contributed by atoms with Crippen LogP contribution in [0.25, 0.3) is 0 Å². The second-order valence-corrected chi connectivity index (χ2v) is 6.11. The highest BCUT2D eigenvalue weighted by molar-refractivity contribution is 5.99. The maximum absolute atomic E-state index is 12.2. The quantitative estimate of drug-likeness (QED) is 0.871. The predicted octanol–water partition coefficient (Wildman–Crippen LogP) is 1.80. The fourth-order valence-corrected chi connectivity index (χ4v) is 3.17. The number of nitrogens with one attached hydrogen (secondary N) is 1. The summed E-state index contributed by atoms with van der Waals surface area (Å²) in [5.74, 6) is 0.0316. The molecular formula is C16H22ClN3O2. The topological polar surface area (TPSA) is 75.4 Å². The van der Waals surface area contributed by atoms with Crippen LogP contribution in [0.4, 0.5) is 5.69 Å². The van der Waals surface area contributed by atoms with Gasteiger partial charge in [-0.05, 0) is 43.4 Å². The zero-order chi connectivity index (χ0) is 15.0. The molecule has 5 nitrogen and oxygen atoms in total. The minimum Gasteiger partial charge on any atom is -0.341 e. The molecule has 1 aromatic carbocycles. The van der Waals surface area contributed by atoms with Crippen LogP contribution < -0.4 is 11.1 Å². The Bertz CT molecular complexity index is 591. The van der Waals surface area contributed by atoms with E-state index in [1.165, 1.54) is 0 Å². The van der Waals surface area contributed by atoms with Crippen LogP contribution in [0.2, 0.25) is 0 Å². The van der Waals surface area contributed by atoms with Gasteiger partial charge in [0.25, 0.3) is 5.91 Å². The summed E-state index contributed by atoms with van der Waals surface area (Å²) in [6.45, 7) is 0.748. The van der Waals surface area contributed by atoms with Crippen molar-refractivity contribution < 1.29 is 9.59 Å². The van der Waals surface area contributed by atoms with Gasteiger partial charge in [-0.1, -0.05) is 6.07 Å². The van der Waals surface area contributed by atoms with Gasteiger partial charge in [0.1, 0.15) is 0 Å². The second kappa shape index (κ2) is 6.67. The zero-order valence-corrected chi connectivity index (χ0v) is 13.5. The molecule has 3 N–H and O–H groups in total. The maximum Gasteiger partial charge on any atom is 0.253 e. The van der Waals surface area contributed by atoms with Crippen molar-refractivity contribution in [3.63, 3.8) is 0 Å². The van der Waals surface area contributed by atoms with E-state index >= 15 is 0 Å². The van der Waals surface area contributed by atoms with Crippen LogP contribution in [0.15, 0.2) is 18.2 Å². The molecule has 1 aromatic rings. The van der Waals surface area contributed by atoms with Crippen molar-refractivity contribution in [3.8, 4) is 0 Å². The van der Waals surface area contributed by atoms with Crippen molar-refractivity contribution in [1.29, 1.82) is 0 Å². The summed E-state index contributed by atoms with van der Waals surface area (Å²) in [5.41, 5.74) is 8.30. The van der Waals surface area contributed by atoms with Crippen LogP contribution in [0.3, 0.4) is 0 Å². The average molecular weight is 324 g/mol. The first-order chi connectivity index (χ1) is 10.0. The van der Waals surface area contributed by atoms with E-state index in [4.69, 9.17) is 5.73 Å². The normalized spacial score (nSPS) is 23.7. The summed E-state index contributed by atoms with van der Waals surface area (Å²) in [6.07, 6.45) is 3.37. The van der Waals surface area contributed by atoms with E-state index in [-0.39, 0.29) is 36.2 Å². The monoisotopic (exact) mass is 323 g/mol. The van der Waals surface area contributed by atoms with E-state index in [0.29, 0.717) is 11.3 Å². The van der Waals surface area contributed by atoms with Crippen molar-refractivity contribution >= 4 is 29.9 Å². The lowest BCUT2D eigenvalue weighted by Gasteiger charge is -2.25. The molecule has 3 rings (SSSR count). The molecule has 0 aromatic heterocycles. The average Bonchev–Trinajstić information content (AvgIpc) is 2.90. The van der Waals surface area contributed by atoms with Crippen molar-refractivity contribution in [2.24, 2.45) is 11.7 Å². The fraction of sp³-hybridized carbons (Fsp3) is 0.500. The molecule has 2 amide bonds. The number of amides is 2. The van der Waals surface area contributed by atoms with Crippen molar-refractivity contribution in [2.75, 3.05) is 18.9 Å². The summed E-state index contributed by atoms with van der Waals surface area (Å²) in [5, 5.41) is 2.92. The van der Waals surface area contributed by atoms with Gasteiger partial charge >= 0.3 is 0 Å². The largest absolute Gasteiger partial charge is 0.341 e. The highest BCUT2D eigenvalue weighted by Gasteiger charge is 2.28. The standard InChI is InChI=1S/C16H21N3O2.ClH/c1-19-7-6-10-3-5-13(9-14(10)16(19)21)18-15(20)11-2-4-12(17)8-11;/h3,5,9,11-12H,2,4,6-8,17H2,1H3,(H,18,20);1H. The number of hydrogen-bond acceptors (Lipinski definition) is 3. The third-order valence-corrected chi connectivity index (χ3v) is 4.52. The minimum absolute atomic E-state index is 0. The van der Waals surface area contributed by atoms with E-state index in [9.17, 15) is 9.59 Å². The SMILES string of the molecule is CN1CCc2ccc(NC(=O)C3CCC(N)C3)cc2C1=O.Cl. The summed E-state index contributed by atoms with van der Waals surface area (Å²) < 4.78 is 0. The Hall–Kier alpha value is -1.59. The number of halogens is 1. The van der Waals surface area contributed by atoms with Gasteiger partial charge in [0.05, 0.1) is 0 Å². The number of nitrogens with two attached hydrogens (primary N) is 1. The summed E-state index contributed by atoms with van der Waals surface area (Å²) in [6, 6.07) is 5.75. The highest BCUT2D eigenvalue weighted by atomic mass is 35.5. The third kappa shape index (κ3) is 3.25. The lowest BCUT2D eigenvalue weighted by molar-refractivity contribution is -0.119. The molecule has 2 atom stereocenters. The van der Waals surface area contributed by atoms with Gasteiger partial charge in [0.15, 0.2) is 0 Å². The number of likely N-dealkylation sites (N-methyl/N-ethyl adjacent to an activating group) is 1. The van der Waals surface area contributed by atoms with Gasteiger partial charge in [-0.15, -0.1) is 12.4 Å². The van der Waals surface area contributed by atoms with E-state index in [0.717, 1.165) is 37.8 Å². The Balaban J connectivity index is 0.00000176. The fourth-order valence-electron chi connectivity index (χ4n) is 3.17. The number of carbonyl (C=O) groups excluding carboxylic acids is 2. The number of hydrogen-bond donors (Lipinski definition) is 2. The predicted molar refractivity (Wildman–Crippen MR) is 88.3 cm³/mol. The molecular weight excluding hydrogens is 302 g/mol. The lowest BCUT2D eigenvalue weighted by Crippen LogP contribution is -2.34. The molecule has 120 valence electrons. The van der Waals surface area contributed by atoms with E-state index in [1.54, 1.807) is 18.0 Å². The first kappa shape index (κ1) is 16.8. The van der Waals surface area contributed by atoms with Crippen molar-refractivity contribution in [1.82, 2.24) is 4.90 Å². The third-order valence-electron chi connectivity index (χ3n) is 4.52. The van der Waals surface area contributed by atoms with Crippen LogP contribution in [-0.2, 0) is 11.2 Å². The number of fused-ring (bicyclic) bond motifs is 1. The number of rotatable bonds is 2. The molecule has 2 aliphatic rings. The van der Waals surface area contributed by atoms with Gasteiger partial charge in [-0.25, -0.2) is 0 Å². The molecule has 22 heavy (non-hydrogen) atoms. The second-order valence-electron chi connectivity index (χ2n) is 6.11. The smallest absolute Gasteiger partial charge is 0.253 e. The van der Waals surface area contributed by atoms with E-state index in [1.807, 2.05) is 12.1 Å². The van der Waals surface area contributed by atoms with Crippen LogP contribution in [-0.4, -0.2) is 36.3 Å². The summed E-state index contributed by atoms with van der Waals surface area (Å²) >= 11 is 0. The lowest BCUT2D eigenvalue weighted by atomic mass is 9.98. The molecule has 0 saturated heterocycles. The number of anilines is 1. The number of nitrogens with zero attached hydrogens (tertiary/aromatic N) is 1. The molecule has 1 heterocycles. The van der Waals surface area contributed by atoms with E-state index < -0.39 is 0 Å². The highest BCUT2D eigenvalue weighted by Crippen LogP contribution is 2.27. The summed E-state index contributed by atoms with van der Waals surface area (Å²) in [4.78, 5) is 26.1. The van der Waals surface area contributed by atoms with Crippen LogP contribution in [0.5, 0.6) is 0 Å². The Kier molecular flexibility index (Phi) is 5.08. The van der Waals surface area contributed by atoms with Gasteiger partial charge in [0.2, 0.25) is 5.91 Å².